The summed E-state index contributed by atoms with van der Waals surface area (Å²) < 4.78 is 5.52. The SMILES string of the molecule is Cl.Cl.O=C(CN1CCN(C(=O)C2CNCCO2)CC1)N1CCCC1. The number of piperazine rings is 1. The Morgan fingerprint density at radius 2 is 1.62 bits per heavy atom. The number of halogens is 2. The van der Waals surface area contributed by atoms with Crippen LogP contribution in [0.4, 0.5) is 0 Å². The predicted molar refractivity (Wildman–Crippen MR) is 95.9 cm³/mol. The first kappa shape index (κ1) is 21.4. The monoisotopic (exact) mass is 382 g/mol. The number of carbonyl (C=O) groups excluding carboxylic acids is 2. The molecule has 3 aliphatic rings. The van der Waals surface area contributed by atoms with Gasteiger partial charge in [-0.1, -0.05) is 0 Å². The third kappa shape index (κ3) is 5.46. The summed E-state index contributed by atoms with van der Waals surface area (Å²) in [6.45, 7) is 7.23. The first-order valence-corrected chi connectivity index (χ1v) is 8.35. The van der Waals surface area contributed by atoms with Crippen molar-refractivity contribution in [1.82, 2.24) is 20.0 Å². The van der Waals surface area contributed by atoms with Crippen LogP contribution in [0, 0.1) is 0 Å². The van der Waals surface area contributed by atoms with Gasteiger partial charge in [0.05, 0.1) is 13.2 Å². The molecule has 0 aromatic carbocycles. The maximum atomic E-state index is 12.4. The Bertz CT molecular complexity index is 408. The Labute approximate surface area is 155 Å². The molecule has 0 radical (unpaired) electrons. The summed E-state index contributed by atoms with van der Waals surface area (Å²) in [5, 5.41) is 3.19. The number of rotatable bonds is 3. The van der Waals surface area contributed by atoms with E-state index < -0.39 is 0 Å². The molecule has 3 fully saturated rings. The molecule has 1 N–H and O–H groups in total. The highest BCUT2D eigenvalue weighted by molar-refractivity contribution is 5.85. The van der Waals surface area contributed by atoms with Crippen molar-refractivity contribution in [2.24, 2.45) is 0 Å². The van der Waals surface area contributed by atoms with Crippen molar-refractivity contribution in [1.29, 1.82) is 0 Å². The number of ether oxygens (including phenoxy) is 1. The number of morpholine rings is 1. The summed E-state index contributed by atoms with van der Waals surface area (Å²) >= 11 is 0. The van der Waals surface area contributed by atoms with Gasteiger partial charge in [-0.2, -0.15) is 0 Å². The largest absolute Gasteiger partial charge is 0.366 e. The zero-order valence-corrected chi connectivity index (χ0v) is 15.6. The quantitative estimate of drug-likeness (QED) is 0.718. The molecule has 0 spiro atoms. The molecule has 7 nitrogen and oxygen atoms in total. The Balaban J connectivity index is 0.00000144. The van der Waals surface area contributed by atoms with E-state index in [4.69, 9.17) is 4.74 Å². The van der Waals surface area contributed by atoms with Crippen molar-refractivity contribution in [2.45, 2.75) is 18.9 Å². The highest BCUT2D eigenvalue weighted by Crippen LogP contribution is 2.10. The third-order valence-electron chi connectivity index (χ3n) is 4.70. The van der Waals surface area contributed by atoms with Crippen molar-refractivity contribution >= 4 is 36.6 Å². The lowest BCUT2D eigenvalue weighted by Gasteiger charge is -2.37. The predicted octanol–water partition coefficient (Wildman–Crippen LogP) is -0.415. The Kier molecular flexibility index (Phi) is 9.30. The second kappa shape index (κ2) is 10.4. The zero-order valence-electron chi connectivity index (χ0n) is 13.9. The average molecular weight is 383 g/mol. The number of hydrogen-bond acceptors (Lipinski definition) is 5. The maximum Gasteiger partial charge on any atom is 0.253 e. The summed E-state index contributed by atoms with van der Waals surface area (Å²) in [6.07, 6.45) is 1.92. The summed E-state index contributed by atoms with van der Waals surface area (Å²) in [5.41, 5.74) is 0. The van der Waals surface area contributed by atoms with Crippen LogP contribution in [0.5, 0.6) is 0 Å². The minimum Gasteiger partial charge on any atom is -0.366 e. The topological polar surface area (TPSA) is 65.1 Å². The standard InChI is InChI=1S/C15H26N4O3.2ClH/c20-14(18-4-1-2-5-18)12-17-6-8-19(9-7-17)15(21)13-11-16-3-10-22-13;;/h13,16H,1-12H2;2*1H. The van der Waals surface area contributed by atoms with Crippen molar-refractivity contribution in [2.75, 3.05) is 65.5 Å². The van der Waals surface area contributed by atoms with Gasteiger partial charge >= 0.3 is 0 Å². The van der Waals surface area contributed by atoms with Gasteiger partial charge in [0.1, 0.15) is 6.10 Å². The lowest BCUT2D eigenvalue weighted by Crippen LogP contribution is -2.56. The summed E-state index contributed by atoms with van der Waals surface area (Å²) in [4.78, 5) is 30.5. The molecular weight excluding hydrogens is 355 g/mol. The van der Waals surface area contributed by atoms with E-state index in [1.54, 1.807) is 0 Å². The minimum absolute atomic E-state index is 0. The number of amides is 2. The van der Waals surface area contributed by atoms with Crippen molar-refractivity contribution in [3.05, 3.63) is 0 Å². The van der Waals surface area contributed by atoms with E-state index in [0.717, 1.165) is 45.6 Å². The second-order valence-electron chi connectivity index (χ2n) is 6.25. The van der Waals surface area contributed by atoms with Crippen LogP contribution in [0.15, 0.2) is 0 Å². The molecule has 0 saturated carbocycles. The normalized spacial score (nSPS) is 24.9. The molecule has 0 aliphatic carbocycles. The summed E-state index contributed by atoms with van der Waals surface area (Å²) in [5.74, 6) is 0.315. The fraction of sp³-hybridized carbons (Fsp3) is 0.867. The molecule has 1 unspecified atom stereocenters. The second-order valence-corrected chi connectivity index (χ2v) is 6.25. The van der Waals surface area contributed by atoms with E-state index in [1.807, 2.05) is 9.80 Å². The smallest absolute Gasteiger partial charge is 0.253 e. The molecule has 3 heterocycles. The van der Waals surface area contributed by atoms with Crippen molar-refractivity contribution in [3.63, 3.8) is 0 Å². The van der Waals surface area contributed by atoms with Gasteiger partial charge in [-0.3, -0.25) is 14.5 Å². The number of hydrogen-bond donors (Lipinski definition) is 1. The molecule has 0 bridgehead atoms. The molecule has 0 aromatic rings. The molecule has 3 aliphatic heterocycles. The van der Waals surface area contributed by atoms with Crippen LogP contribution >= 0.6 is 24.8 Å². The molecule has 24 heavy (non-hydrogen) atoms. The average Bonchev–Trinajstić information content (AvgIpc) is 3.10. The number of carbonyl (C=O) groups is 2. The number of nitrogens with zero attached hydrogens (tertiary/aromatic N) is 3. The first-order chi connectivity index (χ1) is 10.7. The fourth-order valence-electron chi connectivity index (χ4n) is 3.31. The van der Waals surface area contributed by atoms with E-state index in [-0.39, 0.29) is 42.7 Å². The Hall–Kier alpha value is -0.600. The lowest BCUT2D eigenvalue weighted by atomic mass is 10.2. The summed E-state index contributed by atoms with van der Waals surface area (Å²) in [6, 6.07) is 0. The third-order valence-corrected chi connectivity index (χ3v) is 4.70. The van der Waals surface area contributed by atoms with Gasteiger partial charge in [0, 0.05) is 52.4 Å². The molecule has 3 saturated heterocycles. The van der Waals surface area contributed by atoms with Gasteiger partial charge in [-0.05, 0) is 12.8 Å². The van der Waals surface area contributed by atoms with Crippen LogP contribution in [0.25, 0.3) is 0 Å². The number of likely N-dealkylation sites (tertiary alicyclic amines) is 1. The highest BCUT2D eigenvalue weighted by atomic mass is 35.5. The van der Waals surface area contributed by atoms with Gasteiger partial charge in [0.25, 0.3) is 5.91 Å². The molecule has 1 atom stereocenters. The molecular formula is C15H28Cl2N4O3. The van der Waals surface area contributed by atoms with E-state index in [9.17, 15) is 9.59 Å². The van der Waals surface area contributed by atoms with Gasteiger partial charge < -0.3 is 19.9 Å². The minimum atomic E-state index is -0.341. The Morgan fingerprint density at radius 1 is 0.958 bits per heavy atom. The van der Waals surface area contributed by atoms with E-state index in [1.165, 1.54) is 0 Å². The lowest BCUT2D eigenvalue weighted by molar-refractivity contribution is -0.147. The van der Waals surface area contributed by atoms with Crippen LogP contribution in [0.3, 0.4) is 0 Å². The van der Waals surface area contributed by atoms with Crippen LogP contribution in [0.2, 0.25) is 0 Å². The van der Waals surface area contributed by atoms with E-state index in [0.29, 0.717) is 32.8 Å². The molecule has 0 aromatic heterocycles. The van der Waals surface area contributed by atoms with Crippen LogP contribution in [-0.4, -0.2) is 98.1 Å². The van der Waals surface area contributed by atoms with Crippen LogP contribution in [0.1, 0.15) is 12.8 Å². The Morgan fingerprint density at radius 3 is 2.21 bits per heavy atom. The highest BCUT2D eigenvalue weighted by Gasteiger charge is 2.30. The van der Waals surface area contributed by atoms with Gasteiger partial charge in [-0.15, -0.1) is 24.8 Å². The molecule has 9 heteroatoms. The van der Waals surface area contributed by atoms with Crippen LogP contribution < -0.4 is 5.32 Å². The van der Waals surface area contributed by atoms with E-state index >= 15 is 0 Å². The zero-order chi connectivity index (χ0) is 15.4. The van der Waals surface area contributed by atoms with Crippen molar-refractivity contribution in [3.8, 4) is 0 Å². The first-order valence-electron chi connectivity index (χ1n) is 8.35. The fourth-order valence-corrected chi connectivity index (χ4v) is 3.31. The van der Waals surface area contributed by atoms with Gasteiger partial charge in [0.15, 0.2) is 0 Å². The van der Waals surface area contributed by atoms with E-state index in [2.05, 4.69) is 10.2 Å². The van der Waals surface area contributed by atoms with Gasteiger partial charge in [-0.25, -0.2) is 0 Å². The van der Waals surface area contributed by atoms with Gasteiger partial charge in [0.2, 0.25) is 5.91 Å². The van der Waals surface area contributed by atoms with Crippen molar-refractivity contribution < 1.29 is 14.3 Å². The molecule has 3 rings (SSSR count). The molecule has 140 valence electrons. The molecule has 2 amide bonds. The van der Waals surface area contributed by atoms with Crippen LogP contribution in [-0.2, 0) is 14.3 Å². The maximum absolute atomic E-state index is 12.4. The number of nitrogens with one attached hydrogen (secondary N) is 1. The summed E-state index contributed by atoms with van der Waals surface area (Å²) in [7, 11) is 0.